The largest absolute Gasteiger partial charge is 0.477 e. The third-order valence-corrected chi connectivity index (χ3v) is 1.79. The lowest BCUT2D eigenvalue weighted by Crippen LogP contribution is -2.20. The van der Waals surface area contributed by atoms with E-state index in [1.54, 1.807) is 6.07 Å². The van der Waals surface area contributed by atoms with E-state index in [1.807, 2.05) is 0 Å². The van der Waals surface area contributed by atoms with Crippen molar-refractivity contribution in [3.05, 3.63) is 40.4 Å². The highest BCUT2D eigenvalue weighted by atomic mass is 16.4. The predicted octanol–water partition coefficient (Wildman–Crippen LogP) is -0.346. The van der Waals surface area contributed by atoms with Crippen molar-refractivity contribution in [2.45, 2.75) is 0 Å². The van der Waals surface area contributed by atoms with Crippen LogP contribution in [0.15, 0.2) is 29.3 Å². The molecule has 0 spiro atoms. The van der Waals surface area contributed by atoms with Crippen LogP contribution in [0, 0.1) is 0 Å². The van der Waals surface area contributed by atoms with Crippen molar-refractivity contribution < 1.29 is 9.90 Å². The first-order chi connectivity index (χ1) is 7.20. The summed E-state index contributed by atoms with van der Waals surface area (Å²) in [4.78, 5) is 22.1. The summed E-state index contributed by atoms with van der Waals surface area (Å²) in [6.07, 6.45) is 2.56. The van der Waals surface area contributed by atoms with Crippen molar-refractivity contribution in [2.24, 2.45) is 0 Å². The van der Waals surface area contributed by atoms with E-state index in [0.717, 1.165) is 10.9 Å². The number of carboxylic acid groups (broad SMARTS) is 1. The Labute approximate surface area is 83.0 Å². The molecule has 2 N–H and O–H groups in total. The molecule has 7 nitrogen and oxygen atoms in total. The second-order valence-corrected chi connectivity index (χ2v) is 2.71. The van der Waals surface area contributed by atoms with Crippen molar-refractivity contribution in [1.82, 2.24) is 20.0 Å². The Kier molecular flexibility index (Phi) is 2.05. The summed E-state index contributed by atoms with van der Waals surface area (Å²) < 4.78 is 1.01. The van der Waals surface area contributed by atoms with Crippen molar-refractivity contribution in [3.8, 4) is 5.82 Å². The molecule has 0 aliphatic rings. The van der Waals surface area contributed by atoms with Crippen molar-refractivity contribution in [1.29, 1.82) is 0 Å². The van der Waals surface area contributed by atoms with Gasteiger partial charge in [0, 0.05) is 12.4 Å². The lowest BCUT2D eigenvalue weighted by molar-refractivity contribution is 0.0695. The van der Waals surface area contributed by atoms with Crippen molar-refractivity contribution in [2.75, 3.05) is 0 Å². The third kappa shape index (κ3) is 1.50. The van der Waals surface area contributed by atoms with E-state index < -0.39 is 11.5 Å². The van der Waals surface area contributed by atoms with Gasteiger partial charge in [-0.1, -0.05) is 0 Å². The molecule has 7 heteroatoms. The van der Waals surface area contributed by atoms with E-state index in [4.69, 9.17) is 5.11 Å². The molecular formula is C8H6N4O3. The van der Waals surface area contributed by atoms with Crippen LogP contribution in [0.5, 0.6) is 0 Å². The summed E-state index contributed by atoms with van der Waals surface area (Å²) in [7, 11) is 0. The van der Waals surface area contributed by atoms with Crippen LogP contribution in [-0.4, -0.2) is 31.1 Å². The number of nitrogens with zero attached hydrogens (tertiary/aromatic N) is 3. The average Bonchev–Trinajstić information content (AvgIpc) is 2.61. The number of aromatic carboxylic acids is 1. The zero-order valence-corrected chi connectivity index (χ0v) is 7.41. The summed E-state index contributed by atoms with van der Waals surface area (Å²) in [6, 6.07) is 3.13. The molecule has 0 fully saturated rings. The number of H-pyrrole nitrogens is 1. The minimum absolute atomic E-state index is 0.245. The Hall–Kier alpha value is -2.44. The molecule has 2 heterocycles. The van der Waals surface area contributed by atoms with Crippen LogP contribution in [0.25, 0.3) is 5.82 Å². The molecule has 2 aromatic heterocycles. The molecule has 2 rings (SSSR count). The smallest absolute Gasteiger partial charge is 0.342 e. The maximum Gasteiger partial charge on any atom is 0.342 e. The first kappa shape index (κ1) is 9.13. The van der Waals surface area contributed by atoms with E-state index in [-0.39, 0.29) is 11.4 Å². The van der Waals surface area contributed by atoms with Gasteiger partial charge in [0.15, 0.2) is 5.82 Å². The minimum atomic E-state index is -1.28. The molecular weight excluding hydrogens is 200 g/mol. The highest BCUT2D eigenvalue weighted by Gasteiger charge is 2.14. The van der Waals surface area contributed by atoms with Crippen LogP contribution in [0.2, 0.25) is 0 Å². The monoisotopic (exact) mass is 206 g/mol. The Bertz CT molecular complexity index is 543. The zero-order valence-electron chi connectivity index (χ0n) is 7.41. The molecule has 0 aromatic carbocycles. The second kappa shape index (κ2) is 3.37. The van der Waals surface area contributed by atoms with Gasteiger partial charge in [-0.05, 0) is 12.1 Å². The molecule has 0 unspecified atom stereocenters. The van der Waals surface area contributed by atoms with E-state index in [0.29, 0.717) is 0 Å². The topological polar surface area (TPSA) is 101 Å². The predicted molar refractivity (Wildman–Crippen MR) is 48.9 cm³/mol. The number of carbonyl (C=O) groups is 1. The van der Waals surface area contributed by atoms with E-state index in [2.05, 4.69) is 15.3 Å². The summed E-state index contributed by atoms with van der Waals surface area (Å²) >= 11 is 0. The molecule has 0 atom stereocenters. The average molecular weight is 206 g/mol. The van der Waals surface area contributed by atoms with Gasteiger partial charge in [0.1, 0.15) is 5.56 Å². The third-order valence-electron chi connectivity index (χ3n) is 1.79. The number of hydrogen-bond donors (Lipinski definition) is 2. The van der Waals surface area contributed by atoms with Gasteiger partial charge in [0.25, 0.3) is 5.56 Å². The highest BCUT2D eigenvalue weighted by molar-refractivity contribution is 5.86. The fraction of sp³-hybridized carbons (Fsp3) is 0. The quantitative estimate of drug-likeness (QED) is 0.699. The molecule has 0 saturated heterocycles. The molecule has 0 aliphatic carbocycles. The first-order valence-corrected chi connectivity index (χ1v) is 4.02. The maximum atomic E-state index is 11.5. The summed E-state index contributed by atoms with van der Waals surface area (Å²) in [5.41, 5.74) is -0.997. The van der Waals surface area contributed by atoms with Gasteiger partial charge < -0.3 is 5.11 Å². The van der Waals surface area contributed by atoms with Crippen molar-refractivity contribution >= 4 is 5.97 Å². The zero-order chi connectivity index (χ0) is 10.8. The Morgan fingerprint density at radius 1 is 1.53 bits per heavy atom. The van der Waals surface area contributed by atoms with Crippen LogP contribution >= 0.6 is 0 Å². The molecule has 0 amide bonds. The van der Waals surface area contributed by atoms with Crippen LogP contribution in [0.4, 0.5) is 0 Å². The SMILES string of the molecule is O=C(O)c1c[nH]n(-c2cccnn2)c1=O. The number of aromatic nitrogens is 4. The Morgan fingerprint density at radius 2 is 2.33 bits per heavy atom. The van der Waals surface area contributed by atoms with Crippen LogP contribution in [0.3, 0.4) is 0 Å². The van der Waals surface area contributed by atoms with E-state index in [9.17, 15) is 9.59 Å². The molecule has 15 heavy (non-hydrogen) atoms. The van der Waals surface area contributed by atoms with Crippen LogP contribution in [0.1, 0.15) is 10.4 Å². The Balaban J connectivity index is 2.57. The summed E-state index contributed by atoms with van der Waals surface area (Å²) in [6.45, 7) is 0. The van der Waals surface area contributed by atoms with Gasteiger partial charge in [-0.25, -0.2) is 4.79 Å². The molecule has 0 aliphatic heterocycles. The maximum absolute atomic E-state index is 11.5. The molecule has 76 valence electrons. The van der Waals surface area contributed by atoms with Gasteiger partial charge in [-0.2, -0.15) is 9.78 Å². The molecule has 0 saturated carbocycles. The van der Waals surface area contributed by atoms with E-state index >= 15 is 0 Å². The lowest BCUT2D eigenvalue weighted by Gasteiger charge is -1.96. The number of hydrogen-bond acceptors (Lipinski definition) is 4. The van der Waals surface area contributed by atoms with Gasteiger partial charge in [-0.15, -0.1) is 5.10 Å². The normalized spacial score (nSPS) is 10.1. The summed E-state index contributed by atoms with van der Waals surface area (Å²) in [5, 5.41) is 18.4. The van der Waals surface area contributed by atoms with E-state index in [1.165, 1.54) is 12.3 Å². The van der Waals surface area contributed by atoms with Gasteiger partial charge >= 0.3 is 5.97 Å². The fourth-order valence-corrected chi connectivity index (χ4v) is 1.11. The van der Waals surface area contributed by atoms with Crippen LogP contribution in [-0.2, 0) is 0 Å². The first-order valence-electron chi connectivity index (χ1n) is 4.02. The minimum Gasteiger partial charge on any atom is -0.477 e. The number of aromatic amines is 1. The molecule has 0 radical (unpaired) electrons. The number of nitrogens with one attached hydrogen (secondary N) is 1. The van der Waals surface area contributed by atoms with Crippen LogP contribution < -0.4 is 5.56 Å². The standard InChI is InChI=1S/C8H6N4O3/c13-7-5(8(14)15)4-10-12(7)6-2-1-3-9-11-6/h1-4,10H,(H,14,15). The van der Waals surface area contributed by atoms with Gasteiger partial charge in [-0.3, -0.25) is 9.89 Å². The number of rotatable bonds is 2. The van der Waals surface area contributed by atoms with Crippen molar-refractivity contribution in [3.63, 3.8) is 0 Å². The highest BCUT2D eigenvalue weighted by Crippen LogP contribution is 1.97. The molecule has 0 bridgehead atoms. The fourth-order valence-electron chi connectivity index (χ4n) is 1.11. The van der Waals surface area contributed by atoms with Gasteiger partial charge in [0.2, 0.25) is 0 Å². The summed E-state index contributed by atoms with van der Waals surface area (Å²) in [5.74, 6) is -1.03. The lowest BCUT2D eigenvalue weighted by atomic mass is 10.4. The second-order valence-electron chi connectivity index (χ2n) is 2.71. The Morgan fingerprint density at radius 3 is 2.87 bits per heavy atom. The number of carboxylic acids is 1. The van der Waals surface area contributed by atoms with Gasteiger partial charge in [0.05, 0.1) is 0 Å². The molecule has 2 aromatic rings.